The van der Waals surface area contributed by atoms with Gasteiger partial charge in [0.2, 0.25) is 0 Å². The molecule has 0 amide bonds. The Hall–Kier alpha value is -0.380. The molecular formula is C15H25NOS. The molecule has 1 unspecified atom stereocenters. The molecule has 3 heteroatoms. The standard InChI is InChI=1S/C15H25NOS/c1-15(2,14-8-5-11-18-14)12-16-9-3-6-13-7-4-10-17-13/h5,8,11,13,16H,3-4,6-7,9-10,12H2,1-2H3. The fraction of sp³-hybridized carbons (Fsp3) is 0.733. The lowest BCUT2D eigenvalue weighted by Crippen LogP contribution is -2.33. The van der Waals surface area contributed by atoms with Gasteiger partial charge >= 0.3 is 0 Å². The van der Waals surface area contributed by atoms with Crippen molar-refractivity contribution in [3.63, 3.8) is 0 Å². The smallest absolute Gasteiger partial charge is 0.0576 e. The summed E-state index contributed by atoms with van der Waals surface area (Å²) in [4.78, 5) is 1.47. The molecule has 0 radical (unpaired) electrons. The lowest BCUT2D eigenvalue weighted by molar-refractivity contribution is 0.102. The minimum Gasteiger partial charge on any atom is -0.378 e. The first-order valence-corrected chi connectivity index (χ1v) is 7.93. The van der Waals surface area contributed by atoms with Crippen LogP contribution in [-0.4, -0.2) is 25.8 Å². The minimum atomic E-state index is 0.248. The van der Waals surface area contributed by atoms with E-state index < -0.39 is 0 Å². The maximum Gasteiger partial charge on any atom is 0.0576 e. The van der Waals surface area contributed by atoms with Gasteiger partial charge in [-0.3, -0.25) is 0 Å². The number of nitrogens with one attached hydrogen (secondary N) is 1. The van der Waals surface area contributed by atoms with Crippen LogP contribution in [0.4, 0.5) is 0 Å². The summed E-state index contributed by atoms with van der Waals surface area (Å²) in [6.45, 7) is 7.76. The van der Waals surface area contributed by atoms with Crippen molar-refractivity contribution in [3.05, 3.63) is 22.4 Å². The van der Waals surface area contributed by atoms with Crippen molar-refractivity contribution in [2.75, 3.05) is 19.7 Å². The van der Waals surface area contributed by atoms with E-state index in [-0.39, 0.29) is 5.41 Å². The highest BCUT2D eigenvalue weighted by atomic mass is 32.1. The third-order valence-electron chi connectivity index (χ3n) is 3.66. The number of hydrogen-bond acceptors (Lipinski definition) is 3. The van der Waals surface area contributed by atoms with Crippen molar-refractivity contribution >= 4 is 11.3 Å². The van der Waals surface area contributed by atoms with E-state index in [2.05, 4.69) is 36.7 Å². The third kappa shape index (κ3) is 4.08. The largest absolute Gasteiger partial charge is 0.378 e. The average molecular weight is 267 g/mol. The van der Waals surface area contributed by atoms with Crippen LogP contribution in [0.3, 0.4) is 0 Å². The van der Waals surface area contributed by atoms with Crippen LogP contribution in [-0.2, 0) is 10.2 Å². The second-order valence-electron chi connectivity index (χ2n) is 5.82. The van der Waals surface area contributed by atoms with Crippen molar-refractivity contribution in [1.29, 1.82) is 0 Å². The molecule has 0 aliphatic carbocycles. The highest BCUT2D eigenvalue weighted by molar-refractivity contribution is 7.10. The van der Waals surface area contributed by atoms with E-state index in [0.717, 1.165) is 19.7 Å². The molecule has 0 bridgehead atoms. The minimum absolute atomic E-state index is 0.248. The Balaban J connectivity index is 1.60. The van der Waals surface area contributed by atoms with Gasteiger partial charge < -0.3 is 10.1 Å². The van der Waals surface area contributed by atoms with Crippen LogP contribution in [0.2, 0.25) is 0 Å². The molecule has 2 heterocycles. The molecular weight excluding hydrogens is 242 g/mol. The first-order valence-electron chi connectivity index (χ1n) is 7.05. The molecule has 1 fully saturated rings. The molecule has 102 valence electrons. The Kier molecular flexibility index (Phi) is 5.22. The Morgan fingerprint density at radius 3 is 3.06 bits per heavy atom. The van der Waals surface area contributed by atoms with Crippen LogP contribution >= 0.6 is 11.3 Å². The van der Waals surface area contributed by atoms with Crippen LogP contribution in [0.25, 0.3) is 0 Å². The van der Waals surface area contributed by atoms with Crippen LogP contribution in [0.1, 0.15) is 44.4 Å². The van der Waals surface area contributed by atoms with Crippen molar-refractivity contribution in [1.82, 2.24) is 5.32 Å². The van der Waals surface area contributed by atoms with E-state index in [9.17, 15) is 0 Å². The van der Waals surface area contributed by atoms with Crippen LogP contribution < -0.4 is 5.32 Å². The number of hydrogen-bond donors (Lipinski definition) is 1. The van der Waals surface area contributed by atoms with Gasteiger partial charge in [-0.1, -0.05) is 19.9 Å². The van der Waals surface area contributed by atoms with Crippen molar-refractivity contribution in [3.8, 4) is 0 Å². The number of thiophene rings is 1. The van der Waals surface area contributed by atoms with Gasteiger partial charge in [-0.15, -0.1) is 11.3 Å². The molecule has 18 heavy (non-hydrogen) atoms. The second-order valence-corrected chi connectivity index (χ2v) is 6.76. The van der Waals surface area contributed by atoms with Gasteiger partial charge in [0.15, 0.2) is 0 Å². The first kappa shape index (κ1) is 14.0. The van der Waals surface area contributed by atoms with Gasteiger partial charge in [-0.25, -0.2) is 0 Å². The van der Waals surface area contributed by atoms with E-state index in [0.29, 0.717) is 6.10 Å². The zero-order valence-electron chi connectivity index (χ0n) is 11.6. The molecule has 2 rings (SSSR count). The summed E-state index contributed by atoms with van der Waals surface area (Å²) in [7, 11) is 0. The summed E-state index contributed by atoms with van der Waals surface area (Å²) in [5.41, 5.74) is 0.248. The normalized spacial score (nSPS) is 20.4. The summed E-state index contributed by atoms with van der Waals surface area (Å²) in [6, 6.07) is 4.37. The number of ether oxygens (including phenoxy) is 1. The highest BCUT2D eigenvalue weighted by Crippen LogP contribution is 2.26. The molecule has 1 atom stereocenters. The SMILES string of the molecule is CC(C)(CNCCCC1CCCO1)c1cccs1. The van der Waals surface area contributed by atoms with Crippen LogP contribution in [0, 0.1) is 0 Å². The lowest BCUT2D eigenvalue weighted by atomic mass is 9.91. The Bertz CT molecular complexity index is 328. The quantitative estimate of drug-likeness (QED) is 0.763. The summed E-state index contributed by atoms with van der Waals surface area (Å²) in [6.07, 6.45) is 5.50. The van der Waals surface area contributed by atoms with Crippen molar-refractivity contribution < 1.29 is 4.74 Å². The van der Waals surface area contributed by atoms with Crippen molar-refractivity contribution in [2.24, 2.45) is 0 Å². The van der Waals surface area contributed by atoms with Crippen molar-refractivity contribution in [2.45, 2.75) is 51.0 Å². The van der Waals surface area contributed by atoms with Gasteiger partial charge in [0.05, 0.1) is 6.10 Å². The predicted molar refractivity (Wildman–Crippen MR) is 78.4 cm³/mol. The fourth-order valence-corrected chi connectivity index (χ4v) is 3.33. The molecule has 1 aliphatic rings. The summed E-state index contributed by atoms with van der Waals surface area (Å²) < 4.78 is 5.63. The monoisotopic (exact) mass is 267 g/mol. The van der Waals surface area contributed by atoms with Gasteiger partial charge in [0.25, 0.3) is 0 Å². The summed E-state index contributed by atoms with van der Waals surface area (Å²) in [5, 5.41) is 5.75. The molecule has 2 nitrogen and oxygen atoms in total. The lowest BCUT2D eigenvalue weighted by Gasteiger charge is -2.24. The van der Waals surface area contributed by atoms with Gasteiger partial charge in [0.1, 0.15) is 0 Å². The van der Waals surface area contributed by atoms with Crippen LogP contribution in [0.15, 0.2) is 17.5 Å². The van der Waals surface area contributed by atoms with Gasteiger partial charge in [-0.2, -0.15) is 0 Å². The molecule has 1 aromatic heterocycles. The third-order valence-corrected chi connectivity index (χ3v) is 4.89. The molecule has 1 saturated heterocycles. The van der Waals surface area contributed by atoms with E-state index in [1.54, 1.807) is 0 Å². The molecule has 0 aromatic carbocycles. The summed E-state index contributed by atoms with van der Waals surface area (Å²) >= 11 is 1.85. The zero-order chi connectivity index (χ0) is 12.8. The zero-order valence-corrected chi connectivity index (χ0v) is 12.4. The van der Waals surface area contributed by atoms with Gasteiger partial charge in [0, 0.05) is 23.4 Å². The topological polar surface area (TPSA) is 21.3 Å². The second kappa shape index (κ2) is 6.69. The maximum atomic E-state index is 5.63. The fourth-order valence-electron chi connectivity index (χ4n) is 2.48. The van der Waals surface area contributed by atoms with E-state index in [4.69, 9.17) is 4.74 Å². The average Bonchev–Trinajstić information content (AvgIpc) is 3.02. The van der Waals surface area contributed by atoms with E-state index in [1.165, 1.54) is 30.6 Å². The molecule has 1 N–H and O–H groups in total. The Labute approximate surface area is 115 Å². The Morgan fingerprint density at radius 2 is 2.39 bits per heavy atom. The van der Waals surface area contributed by atoms with E-state index in [1.807, 2.05) is 11.3 Å². The summed E-state index contributed by atoms with van der Waals surface area (Å²) in [5.74, 6) is 0. The predicted octanol–water partition coefficient (Wildman–Crippen LogP) is 3.57. The maximum absolute atomic E-state index is 5.63. The number of rotatable bonds is 7. The van der Waals surface area contributed by atoms with E-state index >= 15 is 0 Å². The molecule has 1 aromatic rings. The van der Waals surface area contributed by atoms with Gasteiger partial charge in [-0.05, 0) is 43.7 Å². The Morgan fingerprint density at radius 1 is 1.50 bits per heavy atom. The molecule has 1 aliphatic heterocycles. The van der Waals surface area contributed by atoms with Crippen LogP contribution in [0.5, 0.6) is 0 Å². The first-order chi connectivity index (χ1) is 8.68. The highest BCUT2D eigenvalue weighted by Gasteiger charge is 2.21. The molecule has 0 spiro atoms. The molecule has 0 saturated carbocycles.